The summed E-state index contributed by atoms with van der Waals surface area (Å²) in [6.45, 7) is 5.97. The maximum atomic E-state index is 11.1. The van der Waals surface area contributed by atoms with Gasteiger partial charge in [0, 0.05) is 13.0 Å². The topological polar surface area (TPSA) is 66.4 Å². The minimum Gasteiger partial charge on any atom is -0.481 e. The van der Waals surface area contributed by atoms with Crippen LogP contribution in [-0.4, -0.2) is 23.5 Å². The Morgan fingerprint density at radius 1 is 1.31 bits per heavy atom. The van der Waals surface area contributed by atoms with Crippen LogP contribution in [0.25, 0.3) is 0 Å². The van der Waals surface area contributed by atoms with Crippen LogP contribution < -0.4 is 5.32 Å². The zero-order chi connectivity index (χ0) is 10.5. The van der Waals surface area contributed by atoms with Gasteiger partial charge in [-0.1, -0.05) is 13.8 Å². The summed E-state index contributed by atoms with van der Waals surface area (Å²) in [6, 6.07) is 0. The van der Waals surface area contributed by atoms with Gasteiger partial charge in [-0.3, -0.25) is 9.59 Å². The number of rotatable bonds is 5. The van der Waals surface area contributed by atoms with Gasteiger partial charge < -0.3 is 10.4 Å². The summed E-state index contributed by atoms with van der Waals surface area (Å²) in [6.07, 6.45) is 0.275. The van der Waals surface area contributed by atoms with Crippen molar-refractivity contribution in [3.63, 3.8) is 0 Å². The molecule has 0 heterocycles. The maximum absolute atomic E-state index is 11.1. The molecule has 0 unspecified atom stereocenters. The third kappa shape index (κ3) is 6.13. The van der Waals surface area contributed by atoms with Crippen molar-refractivity contribution in [1.82, 2.24) is 5.32 Å². The first-order valence-corrected chi connectivity index (χ1v) is 4.36. The van der Waals surface area contributed by atoms with Gasteiger partial charge in [0.15, 0.2) is 0 Å². The van der Waals surface area contributed by atoms with E-state index in [-0.39, 0.29) is 18.7 Å². The summed E-state index contributed by atoms with van der Waals surface area (Å²) in [5.74, 6) is -0.956. The molecule has 0 spiro atoms. The van der Waals surface area contributed by atoms with E-state index in [0.717, 1.165) is 0 Å². The highest BCUT2D eigenvalue weighted by molar-refractivity contribution is 5.77. The van der Waals surface area contributed by atoms with Crippen LogP contribution in [0, 0.1) is 5.41 Å². The molecule has 1 amide bonds. The second kappa shape index (κ2) is 4.84. The molecular formula is C9H17NO3. The number of hydrogen-bond acceptors (Lipinski definition) is 2. The highest BCUT2D eigenvalue weighted by atomic mass is 16.4. The van der Waals surface area contributed by atoms with Crippen molar-refractivity contribution in [2.24, 2.45) is 5.41 Å². The Labute approximate surface area is 78.3 Å². The Kier molecular flexibility index (Phi) is 4.45. The van der Waals surface area contributed by atoms with Crippen LogP contribution >= 0.6 is 0 Å². The zero-order valence-corrected chi connectivity index (χ0v) is 8.39. The summed E-state index contributed by atoms with van der Waals surface area (Å²) in [4.78, 5) is 21.6. The lowest BCUT2D eigenvalue weighted by molar-refractivity contribution is -0.139. The predicted molar refractivity (Wildman–Crippen MR) is 49.3 cm³/mol. The van der Waals surface area contributed by atoms with Crippen LogP contribution in [0.3, 0.4) is 0 Å². The van der Waals surface area contributed by atoms with Crippen molar-refractivity contribution in [1.29, 1.82) is 0 Å². The van der Waals surface area contributed by atoms with Gasteiger partial charge in [-0.15, -0.1) is 0 Å². The molecule has 0 aliphatic carbocycles. The fraction of sp³-hybridized carbons (Fsp3) is 0.778. The van der Waals surface area contributed by atoms with Crippen LogP contribution in [0.5, 0.6) is 0 Å². The first-order chi connectivity index (χ1) is 5.87. The van der Waals surface area contributed by atoms with Crippen LogP contribution in [0.1, 0.15) is 33.6 Å². The highest BCUT2D eigenvalue weighted by Gasteiger charge is 2.24. The quantitative estimate of drug-likeness (QED) is 0.675. The van der Waals surface area contributed by atoms with E-state index in [1.165, 1.54) is 0 Å². The SMILES string of the molecule is CCNC(=O)CC(C)(C)CC(=O)O. The second-order valence-corrected chi connectivity index (χ2v) is 3.87. The smallest absolute Gasteiger partial charge is 0.303 e. The van der Waals surface area contributed by atoms with E-state index in [1.54, 1.807) is 13.8 Å². The molecule has 2 N–H and O–H groups in total. The maximum Gasteiger partial charge on any atom is 0.303 e. The van der Waals surface area contributed by atoms with Gasteiger partial charge in [-0.05, 0) is 12.3 Å². The summed E-state index contributed by atoms with van der Waals surface area (Å²) < 4.78 is 0. The number of nitrogens with one attached hydrogen (secondary N) is 1. The lowest BCUT2D eigenvalue weighted by Crippen LogP contribution is -2.29. The third-order valence-electron chi connectivity index (χ3n) is 1.64. The van der Waals surface area contributed by atoms with Crippen molar-refractivity contribution in [3.8, 4) is 0 Å². The number of carbonyl (C=O) groups is 2. The lowest BCUT2D eigenvalue weighted by Gasteiger charge is -2.21. The molecule has 4 nitrogen and oxygen atoms in total. The Bertz CT molecular complexity index is 199. The van der Waals surface area contributed by atoms with E-state index in [9.17, 15) is 9.59 Å². The van der Waals surface area contributed by atoms with Crippen molar-refractivity contribution >= 4 is 11.9 Å². The van der Waals surface area contributed by atoms with Gasteiger partial charge in [0.1, 0.15) is 0 Å². The molecule has 0 saturated carbocycles. The fourth-order valence-corrected chi connectivity index (χ4v) is 1.17. The number of carbonyl (C=O) groups excluding carboxylic acids is 1. The largest absolute Gasteiger partial charge is 0.481 e. The van der Waals surface area contributed by atoms with E-state index in [2.05, 4.69) is 5.32 Å². The number of hydrogen-bond donors (Lipinski definition) is 2. The first kappa shape index (κ1) is 11.9. The first-order valence-electron chi connectivity index (χ1n) is 4.36. The minimum absolute atomic E-state index is 0.0180. The van der Waals surface area contributed by atoms with Crippen LogP contribution in [0.4, 0.5) is 0 Å². The van der Waals surface area contributed by atoms with E-state index in [1.807, 2.05) is 6.92 Å². The van der Waals surface area contributed by atoms with Crippen molar-refractivity contribution < 1.29 is 14.7 Å². The average Bonchev–Trinajstić information content (AvgIpc) is 1.81. The summed E-state index contributed by atoms with van der Waals surface area (Å²) in [5.41, 5.74) is -0.467. The molecule has 0 aliphatic heterocycles. The normalized spacial score (nSPS) is 11.0. The third-order valence-corrected chi connectivity index (χ3v) is 1.64. The van der Waals surface area contributed by atoms with Gasteiger partial charge in [0.05, 0.1) is 6.42 Å². The molecule has 0 atom stereocenters. The standard InChI is InChI=1S/C9H17NO3/c1-4-10-7(11)5-9(2,3)6-8(12)13/h4-6H2,1-3H3,(H,10,11)(H,12,13). The zero-order valence-electron chi connectivity index (χ0n) is 8.39. The Hall–Kier alpha value is -1.06. The molecule has 0 aromatic carbocycles. The molecule has 0 aromatic rings. The Morgan fingerprint density at radius 2 is 1.85 bits per heavy atom. The monoisotopic (exact) mass is 187 g/mol. The van der Waals surface area contributed by atoms with Crippen molar-refractivity contribution in [2.75, 3.05) is 6.54 Å². The molecule has 0 fully saturated rings. The van der Waals surface area contributed by atoms with Crippen LogP contribution in [0.2, 0.25) is 0 Å². The van der Waals surface area contributed by atoms with E-state index in [4.69, 9.17) is 5.11 Å². The number of amides is 1. The van der Waals surface area contributed by atoms with Gasteiger partial charge in [-0.25, -0.2) is 0 Å². The lowest BCUT2D eigenvalue weighted by atomic mass is 9.85. The van der Waals surface area contributed by atoms with Gasteiger partial charge >= 0.3 is 5.97 Å². The second-order valence-electron chi connectivity index (χ2n) is 3.87. The van der Waals surface area contributed by atoms with E-state index >= 15 is 0 Å². The molecule has 0 rings (SSSR count). The summed E-state index contributed by atoms with van der Waals surface area (Å²) in [7, 11) is 0. The molecular weight excluding hydrogens is 170 g/mol. The average molecular weight is 187 g/mol. The van der Waals surface area contributed by atoms with Crippen molar-refractivity contribution in [3.05, 3.63) is 0 Å². The van der Waals surface area contributed by atoms with Crippen LogP contribution in [-0.2, 0) is 9.59 Å². The molecule has 76 valence electrons. The molecule has 0 aromatic heterocycles. The Balaban J connectivity index is 4.00. The number of carboxylic acid groups (broad SMARTS) is 1. The van der Waals surface area contributed by atoms with Gasteiger partial charge in [0.25, 0.3) is 0 Å². The molecule has 13 heavy (non-hydrogen) atoms. The molecule has 0 bridgehead atoms. The molecule has 0 saturated heterocycles. The van der Waals surface area contributed by atoms with E-state index in [0.29, 0.717) is 6.54 Å². The predicted octanol–water partition coefficient (Wildman–Crippen LogP) is 1.01. The van der Waals surface area contributed by atoms with Crippen LogP contribution in [0.15, 0.2) is 0 Å². The van der Waals surface area contributed by atoms with E-state index < -0.39 is 11.4 Å². The summed E-state index contributed by atoms with van der Waals surface area (Å²) >= 11 is 0. The molecule has 4 heteroatoms. The Morgan fingerprint density at radius 3 is 2.23 bits per heavy atom. The highest BCUT2D eigenvalue weighted by Crippen LogP contribution is 2.24. The molecule has 0 aliphatic rings. The van der Waals surface area contributed by atoms with Crippen molar-refractivity contribution in [2.45, 2.75) is 33.6 Å². The number of aliphatic carboxylic acids is 1. The molecule has 0 radical (unpaired) electrons. The summed E-state index contributed by atoms with van der Waals surface area (Å²) in [5, 5.41) is 11.2. The van der Waals surface area contributed by atoms with Gasteiger partial charge in [0.2, 0.25) is 5.91 Å². The van der Waals surface area contributed by atoms with Gasteiger partial charge in [-0.2, -0.15) is 0 Å². The number of carboxylic acids is 1. The fourth-order valence-electron chi connectivity index (χ4n) is 1.17. The minimum atomic E-state index is -0.866.